The van der Waals surface area contributed by atoms with Gasteiger partial charge in [0, 0.05) is 0 Å². The second kappa shape index (κ2) is 7.42. The van der Waals surface area contributed by atoms with Crippen molar-refractivity contribution < 1.29 is 26.0 Å². The van der Waals surface area contributed by atoms with Gasteiger partial charge in [-0.3, -0.25) is 0 Å². The summed E-state index contributed by atoms with van der Waals surface area (Å²) in [7, 11) is 1.86. The minimum atomic E-state index is 0.0452. The Hall–Kier alpha value is -1.11. The summed E-state index contributed by atoms with van der Waals surface area (Å²) in [5, 5.41) is 0. The number of aromatic nitrogens is 2. The maximum absolute atomic E-state index is 12.7. The predicted molar refractivity (Wildman–Crippen MR) is 92.5 cm³/mol. The maximum atomic E-state index is 12.7. The van der Waals surface area contributed by atoms with Crippen LogP contribution in [-0.4, -0.2) is 19.3 Å². The molecule has 0 unspecified atom stereocenters. The van der Waals surface area contributed by atoms with Gasteiger partial charge >= 0.3 is 154 Å². The third kappa shape index (κ3) is 3.46. The summed E-state index contributed by atoms with van der Waals surface area (Å²) in [6, 6.07) is 6.51. The van der Waals surface area contributed by atoms with Crippen molar-refractivity contribution in [2.45, 2.75) is 46.1 Å². The Labute approximate surface area is 153 Å². The Balaban J connectivity index is 1.86. The van der Waals surface area contributed by atoms with Gasteiger partial charge in [-0.05, 0) is 0 Å². The van der Waals surface area contributed by atoms with Crippen LogP contribution in [0.25, 0.3) is 11.0 Å². The van der Waals surface area contributed by atoms with Crippen LogP contribution in [-0.2, 0) is 18.4 Å². The van der Waals surface area contributed by atoms with E-state index < -0.39 is 0 Å². The molecule has 0 radical (unpaired) electrons. The van der Waals surface area contributed by atoms with Gasteiger partial charge in [0.25, 0.3) is 0 Å². The number of ketones is 1. The molecule has 1 aliphatic carbocycles. The molecule has 1 aromatic heterocycles. The Morgan fingerprint density at radius 2 is 1.92 bits per heavy atom. The van der Waals surface area contributed by atoms with Crippen molar-refractivity contribution in [1.82, 2.24) is 9.13 Å². The quantitative estimate of drug-likeness (QED) is 0.485. The summed E-state index contributed by atoms with van der Waals surface area (Å²) in [6.07, 6.45) is 4.06. The van der Waals surface area contributed by atoms with Gasteiger partial charge in [0.05, 0.1) is 0 Å². The summed E-state index contributed by atoms with van der Waals surface area (Å²) >= 11 is 0.0452. The summed E-state index contributed by atoms with van der Waals surface area (Å²) in [6.45, 7) is 4.72. The molecule has 1 heterocycles. The van der Waals surface area contributed by atoms with Gasteiger partial charge in [-0.2, -0.15) is 0 Å². The van der Waals surface area contributed by atoms with Gasteiger partial charge in [-0.1, -0.05) is 0 Å². The molecule has 4 nitrogen and oxygen atoms in total. The van der Waals surface area contributed by atoms with E-state index >= 15 is 0 Å². The van der Waals surface area contributed by atoms with Crippen LogP contribution >= 0.6 is 0 Å². The number of carbonyl (C=O) groups is 1. The zero-order chi connectivity index (χ0) is 17.3. The number of Topliss-reactive ketones (excluding diaryl/α,β-unsaturated/α-hetero) is 1. The predicted octanol–water partition coefficient (Wildman–Crippen LogP) is 0.0139. The van der Waals surface area contributed by atoms with Crippen molar-refractivity contribution >= 4 is 16.8 Å². The van der Waals surface area contributed by atoms with E-state index in [0.717, 1.165) is 43.3 Å². The first-order chi connectivity index (χ1) is 11.5. The summed E-state index contributed by atoms with van der Waals surface area (Å²) in [5.74, 6) is 1.07. The van der Waals surface area contributed by atoms with E-state index in [2.05, 4.69) is 25.1 Å². The monoisotopic (exact) mass is 441 g/mol. The number of nitrogens with zero attached hydrogens (tertiary/aromatic N) is 2. The van der Waals surface area contributed by atoms with Gasteiger partial charge in [-0.25, -0.2) is 0 Å². The number of aryl methyl sites for hydroxylation is 1. The molecule has 24 heavy (non-hydrogen) atoms. The van der Waals surface area contributed by atoms with Gasteiger partial charge < -0.3 is 0 Å². The molecule has 3 rings (SSSR count). The normalized spacial score (nSPS) is 21.5. The van der Waals surface area contributed by atoms with Crippen LogP contribution in [0.2, 0.25) is 0 Å². The van der Waals surface area contributed by atoms with E-state index in [9.17, 15) is 9.59 Å². The Morgan fingerprint density at radius 1 is 1.21 bits per heavy atom. The van der Waals surface area contributed by atoms with Crippen molar-refractivity contribution in [3.05, 3.63) is 32.3 Å². The van der Waals surface area contributed by atoms with Crippen LogP contribution in [0.1, 0.15) is 39.5 Å². The molecule has 0 spiro atoms. The van der Waals surface area contributed by atoms with Crippen molar-refractivity contribution in [3.63, 3.8) is 0 Å². The number of imidazole rings is 1. The number of fused-ring (bicyclic) bond motifs is 1. The number of hydrogen-bond donors (Lipinski definition) is 0. The second-order valence-electron chi connectivity index (χ2n) is 6.81. The topological polar surface area (TPSA) is 44.0 Å². The second-order valence-corrected chi connectivity index (χ2v) is 10.3. The molecule has 0 aliphatic heterocycles. The van der Waals surface area contributed by atoms with Crippen LogP contribution in [0.15, 0.2) is 23.0 Å². The molecule has 0 amide bonds. The molecule has 1 aliphatic rings. The fraction of sp³-hybridized carbons (Fsp3) is 0.579. The zero-order valence-corrected chi connectivity index (χ0v) is 16.9. The summed E-state index contributed by atoms with van der Waals surface area (Å²) in [5.41, 5.74) is 2.20. The molecule has 0 atom stereocenters. The molecule has 1 aromatic carbocycles. The van der Waals surface area contributed by atoms with Gasteiger partial charge in [0.2, 0.25) is 0 Å². The zero-order valence-electron chi connectivity index (χ0n) is 14.7. The third-order valence-corrected chi connectivity index (χ3v) is 7.57. The SMILES string of the molecule is CC[I-]c1ccc2c(c1)n(CC1CCC(C(C)=O)CC1)c(=O)n2C. The van der Waals surface area contributed by atoms with Crippen molar-refractivity contribution in [2.24, 2.45) is 18.9 Å². The van der Waals surface area contributed by atoms with Crippen LogP contribution in [0.5, 0.6) is 0 Å². The van der Waals surface area contributed by atoms with Crippen LogP contribution in [0, 0.1) is 15.4 Å². The number of rotatable bonds is 5. The molecular formula is C19H26IN2O2-. The molecular weight excluding hydrogens is 415 g/mol. The standard InChI is InChI=1S/C19H26IN2O2/c1-4-20-16-9-10-17-18(11-16)22(19(24)21(17)3)12-14-5-7-15(8-6-14)13(2)23/h9-11,14-15H,4-8,12H2,1-3H3/q-1. The number of hydrogen-bond acceptors (Lipinski definition) is 2. The molecule has 0 bridgehead atoms. The van der Waals surface area contributed by atoms with Crippen molar-refractivity contribution in [3.8, 4) is 0 Å². The van der Waals surface area contributed by atoms with Crippen LogP contribution in [0.4, 0.5) is 0 Å². The van der Waals surface area contributed by atoms with Gasteiger partial charge in [-0.15, -0.1) is 0 Å². The first-order valence-electron chi connectivity index (χ1n) is 8.80. The minimum absolute atomic E-state index is 0.0452. The van der Waals surface area contributed by atoms with Gasteiger partial charge in [0.1, 0.15) is 0 Å². The average Bonchev–Trinajstić information content (AvgIpc) is 2.80. The molecule has 5 heteroatoms. The van der Waals surface area contributed by atoms with Crippen molar-refractivity contribution in [2.75, 3.05) is 4.43 Å². The number of carbonyl (C=O) groups excluding carboxylic acids is 1. The molecule has 0 saturated heterocycles. The Morgan fingerprint density at radius 3 is 2.54 bits per heavy atom. The summed E-state index contributed by atoms with van der Waals surface area (Å²) < 4.78 is 6.36. The summed E-state index contributed by atoms with van der Waals surface area (Å²) in [4.78, 5) is 24.2. The van der Waals surface area contributed by atoms with E-state index in [1.165, 1.54) is 8.00 Å². The van der Waals surface area contributed by atoms with E-state index in [0.29, 0.717) is 11.7 Å². The molecule has 2 aromatic rings. The van der Waals surface area contributed by atoms with E-state index in [1.807, 2.05) is 11.6 Å². The number of benzene rings is 1. The van der Waals surface area contributed by atoms with Crippen LogP contribution in [0.3, 0.4) is 0 Å². The van der Waals surface area contributed by atoms with E-state index in [4.69, 9.17) is 0 Å². The molecule has 1 fully saturated rings. The molecule has 0 N–H and O–H groups in total. The molecule has 132 valence electrons. The van der Waals surface area contributed by atoms with Gasteiger partial charge in [0.15, 0.2) is 0 Å². The van der Waals surface area contributed by atoms with E-state index in [1.54, 1.807) is 11.5 Å². The Kier molecular flexibility index (Phi) is 5.47. The number of alkyl halides is 1. The fourth-order valence-corrected chi connectivity index (χ4v) is 5.64. The number of halogens is 1. The fourth-order valence-electron chi connectivity index (χ4n) is 3.81. The van der Waals surface area contributed by atoms with Crippen molar-refractivity contribution in [1.29, 1.82) is 0 Å². The first kappa shape index (κ1) is 17.7. The molecule has 1 saturated carbocycles. The Bertz CT molecular complexity index is 798. The average molecular weight is 441 g/mol. The van der Waals surface area contributed by atoms with E-state index in [-0.39, 0.29) is 32.8 Å². The van der Waals surface area contributed by atoms with Crippen LogP contribution < -0.4 is 26.9 Å². The first-order valence-corrected chi connectivity index (χ1v) is 11.4. The third-order valence-electron chi connectivity index (χ3n) is 5.26.